The smallest absolute Gasteiger partial charge is 0.310 e. The van der Waals surface area contributed by atoms with Gasteiger partial charge >= 0.3 is 5.97 Å². The molecule has 1 aliphatic heterocycles. The van der Waals surface area contributed by atoms with Gasteiger partial charge in [0.15, 0.2) is 0 Å². The number of likely N-dealkylation sites (tertiary alicyclic amines) is 1. The number of ether oxygens (including phenoxy) is 1. The maximum atomic E-state index is 12.3. The van der Waals surface area contributed by atoms with Gasteiger partial charge in [-0.1, -0.05) is 11.3 Å². The number of carbonyl (C=O) groups excluding carboxylic acids is 1. The third-order valence-corrected chi connectivity index (χ3v) is 6.10. The molecule has 2 atom stereocenters. The number of piperidine rings is 1. The first kappa shape index (κ1) is 18.9. The molecular weight excluding hydrogens is 380 g/mol. The van der Waals surface area contributed by atoms with E-state index in [2.05, 4.69) is 15.0 Å². The van der Waals surface area contributed by atoms with Crippen molar-refractivity contribution >= 4 is 22.3 Å². The second-order valence-corrected chi connectivity index (χ2v) is 8.09. The fourth-order valence-electron chi connectivity index (χ4n) is 3.79. The summed E-state index contributed by atoms with van der Waals surface area (Å²) in [6.07, 6.45) is 1.68. The number of fused-ring (bicyclic) bond motifs is 1. The van der Waals surface area contributed by atoms with Gasteiger partial charge in [0, 0.05) is 6.54 Å². The highest BCUT2D eigenvalue weighted by Crippen LogP contribution is 2.41. The predicted octanol–water partition coefficient (Wildman–Crippen LogP) is 3.07. The SMILES string of the molecule is CCOC(=O)[C@H]1CCCN([C@@H](c2ccc(C)o2)c2sc3nc(C)nn3c2O)C1. The van der Waals surface area contributed by atoms with Crippen LogP contribution in [0.5, 0.6) is 5.88 Å². The van der Waals surface area contributed by atoms with Gasteiger partial charge in [-0.25, -0.2) is 4.98 Å². The van der Waals surface area contributed by atoms with E-state index in [1.165, 1.54) is 15.9 Å². The van der Waals surface area contributed by atoms with Crippen molar-refractivity contribution in [3.05, 3.63) is 34.4 Å². The van der Waals surface area contributed by atoms with Crippen LogP contribution in [0.1, 0.15) is 48.0 Å². The number of nitrogens with zero attached hydrogens (tertiary/aromatic N) is 4. The minimum absolute atomic E-state index is 0.0675. The van der Waals surface area contributed by atoms with Crippen LogP contribution in [0.3, 0.4) is 0 Å². The van der Waals surface area contributed by atoms with Gasteiger partial charge in [0.2, 0.25) is 10.8 Å². The standard InChI is InChI=1S/C19H24N4O4S/c1-4-26-18(25)13-6-5-9-22(10-13)15(14-8-7-11(2)27-14)16-17(24)23-19(28-16)20-12(3)21-23/h7-8,13,15,24H,4-6,9-10H2,1-3H3/t13-,15-/m0/s1. The van der Waals surface area contributed by atoms with Gasteiger partial charge in [0.05, 0.1) is 17.4 Å². The fourth-order valence-corrected chi connectivity index (χ4v) is 4.94. The van der Waals surface area contributed by atoms with Gasteiger partial charge < -0.3 is 14.3 Å². The summed E-state index contributed by atoms with van der Waals surface area (Å²) < 4.78 is 12.6. The molecule has 0 spiro atoms. The van der Waals surface area contributed by atoms with E-state index in [1.807, 2.05) is 26.0 Å². The number of thiazole rings is 1. The highest BCUT2D eigenvalue weighted by atomic mass is 32.1. The zero-order chi connectivity index (χ0) is 19.8. The molecule has 0 aromatic carbocycles. The third kappa shape index (κ3) is 3.40. The molecular formula is C19H24N4O4S. The monoisotopic (exact) mass is 404 g/mol. The number of rotatable bonds is 5. The van der Waals surface area contributed by atoms with E-state index < -0.39 is 0 Å². The van der Waals surface area contributed by atoms with Crippen LogP contribution < -0.4 is 0 Å². The highest BCUT2D eigenvalue weighted by Gasteiger charge is 2.36. The van der Waals surface area contributed by atoms with Crippen LogP contribution in [0.25, 0.3) is 4.96 Å². The van der Waals surface area contributed by atoms with Gasteiger partial charge in [-0.15, -0.1) is 5.10 Å². The van der Waals surface area contributed by atoms with Crippen LogP contribution in [-0.4, -0.2) is 50.3 Å². The number of aromatic nitrogens is 3. The first-order valence-electron chi connectivity index (χ1n) is 9.50. The second-order valence-electron chi connectivity index (χ2n) is 7.08. The Balaban J connectivity index is 1.72. The summed E-state index contributed by atoms with van der Waals surface area (Å²) in [6.45, 7) is 7.23. The largest absolute Gasteiger partial charge is 0.492 e. The summed E-state index contributed by atoms with van der Waals surface area (Å²) in [5.41, 5.74) is 0. The van der Waals surface area contributed by atoms with Crippen LogP contribution in [0.15, 0.2) is 16.5 Å². The molecule has 8 nitrogen and oxygen atoms in total. The third-order valence-electron chi connectivity index (χ3n) is 5.02. The minimum atomic E-state index is -0.306. The van der Waals surface area contributed by atoms with Gasteiger partial charge in [-0.3, -0.25) is 9.69 Å². The van der Waals surface area contributed by atoms with E-state index in [0.29, 0.717) is 28.8 Å². The average Bonchev–Trinajstić information content (AvgIpc) is 3.33. The number of furan rings is 1. The lowest BCUT2D eigenvalue weighted by Crippen LogP contribution is -2.41. The molecule has 4 rings (SSSR count). The van der Waals surface area contributed by atoms with Crippen molar-refractivity contribution < 1.29 is 19.1 Å². The Labute approximate surface area is 166 Å². The summed E-state index contributed by atoms with van der Waals surface area (Å²) in [6, 6.07) is 3.53. The number of aryl methyl sites for hydroxylation is 2. The van der Waals surface area contributed by atoms with Gasteiger partial charge in [-0.05, 0) is 52.3 Å². The molecule has 1 aliphatic rings. The number of carbonyl (C=O) groups is 1. The Morgan fingerprint density at radius 2 is 2.29 bits per heavy atom. The Morgan fingerprint density at radius 3 is 2.96 bits per heavy atom. The summed E-state index contributed by atoms with van der Waals surface area (Å²) in [5, 5.41) is 15.1. The zero-order valence-corrected chi connectivity index (χ0v) is 17.0. The lowest BCUT2D eigenvalue weighted by Gasteiger charge is -2.36. The van der Waals surface area contributed by atoms with Crippen molar-refractivity contribution in [3.63, 3.8) is 0 Å². The van der Waals surface area contributed by atoms with E-state index in [-0.39, 0.29) is 23.8 Å². The van der Waals surface area contributed by atoms with E-state index in [0.717, 1.165) is 30.9 Å². The van der Waals surface area contributed by atoms with Crippen LogP contribution in [0, 0.1) is 19.8 Å². The van der Waals surface area contributed by atoms with Crippen molar-refractivity contribution in [2.24, 2.45) is 5.92 Å². The second kappa shape index (κ2) is 7.56. The summed E-state index contributed by atoms with van der Waals surface area (Å²) in [4.78, 5) is 20.2. The molecule has 9 heteroatoms. The number of esters is 1. The molecule has 1 fully saturated rings. The summed E-state index contributed by atoms with van der Waals surface area (Å²) in [5.74, 6) is 1.87. The molecule has 0 bridgehead atoms. The molecule has 0 radical (unpaired) electrons. The quantitative estimate of drug-likeness (QED) is 0.653. The van der Waals surface area contributed by atoms with Crippen LogP contribution in [0.4, 0.5) is 0 Å². The van der Waals surface area contributed by atoms with Crippen molar-refractivity contribution in [1.29, 1.82) is 0 Å². The zero-order valence-electron chi connectivity index (χ0n) is 16.2. The molecule has 0 aliphatic carbocycles. The van der Waals surface area contributed by atoms with Crippen LogP contribution in [-0.2, 0) is 9.53 Å². The van der Waals surface area contributed by atoms with Gasteiger partial charge in [0.1, 0.15) is 23.4 Å². The van der Waals surface area contributed by atoms with Crippen molar-refractivity contribution in [2.75, 3.05) is 19.7 Å². The molecule has 0 unspecified atom stereocenters. The van der Waals surface area contributed by atoms with Crippen molar-refractivity contribution in [3.8, 4) is 5.88 Å². The van der Waals surface area contributed by atoms with E-state index in [4.69, 9.17) is 9.15 Å². The van der Waals surface area contributed by atoms with Gasteiger partial charge in [0.25, 0.3) is 0 Å². The van der Waals surface area contributed by atoms with E-state index in [1.54, 1.807) is 6.92 Å². The van der Waals surface area contributed by atoms with Crippen LogP contribution >= 0.6 is 11.3 Å². The molecule has 0 saturated carbocycles. The molecule has 3 aromatic heterocycles. The molecule has 0 amide bonds. The number of hydrogen-bond acceptors (Lipinski definition) is 8. The minimum Gasteiger partial charge on any atom is -0.492 e. The molecule has 1 saturated heterocycles. The lowest BCUT2D eigenvalue weighted by molar-refractivity contribution is -0.150. The first-order valence-corrected chi connectivity index (χ1v) is 10.3. The highest BCUT2D eigenvalue weighted by molar-refractivity contribution is 7.17. The average molecular weight is 404 g/mol. The normalized spacial score (nSPS) is 19.2. The Bertz CT molecular complexity index is 992. The maximum Gasteiger partial charge on any atom is 0.310 e. The van der Waals surface area contributed by atoms with Crippen molar-refractivity contribution in [1.82, 2.24) is 19.5 Å². The van der Waals surface area contributed by atoms with E-state index in [9.17, 15) is 9.90 Å². The Hall–Kier alpha value is -2.39. The number of hydrogen-bond donors (Lipinski definition) is 1. The fraction of sp³-hybridized carbons (Fsp3) is 0.526. The van der Waals surface area contributed by atoms with E-state index >= 15 is 0 Å². The molecule has 1 N–H and O–H groups in total. The Morgan fingerprint density at radius 1 is 1.46 bits per heavy atom. The maximum absolute atomic E-state index is 12.3. The lowest BCUT2D eigenvalue weighted by atomic mass is 9.96. The van der Waals surface area contributed by atoms with Crippen molar-refractivity contribution in [2.45, 2.75) is 39.7 Å². The number of aromatic hydroxyl groups is 1. The molecule has 150 valence electrons. The Kier molecular flexibility index (Phi) is 5.11. The van der Waals surface area contributed by atoms with Crippen LogP contribution in [0.2, 0.25) is 0 Å². The summed E-state index contributed by atoms with van der Waals surface area (Å²) >= 11 is 1.39. The van der Waals surface area contributed by atoms with Gasteiger partial charge in [-0.2, -0.15) is 4.52 Å². The molecule has 28 heavy (non-hydrogen) atoms. The molecule has 4 heterocycles. The predicted molar refractivity (Wildman–Crippen MR) is 103 cm³/mol. The topological polar surface area (TPSA) is 93.1 Å². The summed E-state index contributed by atoms with van der Waals surface area (Å²) in [7, 11) is 0. The first-order chi connectivity index (χ1) is 13.5. The molecule has 3 aromatic rings.